The summed E-state index contributed by atoms with van der Waals surface area (Å²) in [6, 6.07) is 6.33. The summed E-state index contributed by atoms with van der Waals surface area (Å²) in [5.41, 5.74) is 8.14. The number of benzene rings is 1. The van der Waals surface area contributed by atoms with Gasteiger partial charge in [0.2, 0.25) is 0 Å². The minimum Gasteiger partial charge on any atom is -0.493 e. The third-order valence-electron chi connectivity index (χ3n) is 3.95. The van der Waals surface area contributed by atoms with Crippen molar-refractivity contribution in [2.45, 2.75) is 71.6 Å². The Balaban J connectivity index is 2.18. The van der Waals surface area contributed by atoms with Crippen LogP contribution < -0.4 is 10.5 Å². The van der Waals surface area contributed by atoms with Crippen LogP contribution in [0.5, 0.6) is 5.75 Å². The van der Waals surface area contributed by atoms with Crippen molar-refractivity contribution >= 4 is 0 Å². The first-order chi connectivity index (χ1) is 10.3. The maximum Gasteiger partial charge on any atom is 0.125 e. The van der Waals surface area contributed by atoms with Gasteiger partial charge >= 0.3 is 0 Å². The topological polar surface area (TPSA) is 35.2 Å². The lowest BCUT2D eigenvalue weighted by molar-refractivity contribution is 0.299. The van der Waals surface area contributed by atoms with E-state index in [-0.39, 0.29) is 0 Å². The van der Waals surface area contributed by atoms with E-state index < -0.39 is 0 Å². The zero-order valence-corrected chi connectivity index (χ0v) is 14.0. The minimum absolute atomic E-state index is 0.678. The Morgan fingerprint density at radius 2 is 1.62 bits per heavy atom. The molecule has 21 heavy (non-hydrogen) atoms. The van der Waals surface area contributed by atoms with E-state index in [0.717, 1.165) is 25.2 Å². The molecule has 2 heteroatoms. The third-order valence-corrected chi connectivity index (χ3v) is 3.95. The Labute approximate surface area is 131 Å². The molecule has 0 aliphatic rings. The van der Waals surface area contributed by atoms with Crippen molar-refractivity contribution in [3.05, 3.63) is 29.3 Å². The average molecular weight is 291 g/mol. The molecule has 0 aliphatic carbocycles. The van der Waals surface area contributed by atoms with E-state index in [1.807, 2.05) is 0 Å². The van der Waals surface area contributed by atoms with E-state index in [0.29, 0.717) is 6.54 Å². The van der Waals surface area contributed by atoms with Gasteiger partial charge in [0.25, 0.3) is 0 Å². The van der Waals surface area contributed by atoms with Crippen molar-refractivity contribution < 1.29 is 4.74 Å². The zero-order chi connectivity index (χ0) is 15.3. The maximum atomic E-state index is 6.01. The molecule has 1 rings (SSSR count). The summed E-state index contributed by atoms with van der Waals surface area (Å²) in [5.74, 6) is 1.06. The number of ether oxygens (including phenoxy) is 1. The highest BCUT2D eigenvalue weighted by atomic mass is 16.5. The van der Waals surface area contributed by atoms with Crippen LogP contribution in [0.2, 0.25) is 0 Å². The quantitative estimate of drug-likeness (QED) is 0.549. The third kappa shape index (κ3) is 7.52. The van der Waals surface area contributed by atoms with E-state index >= 15 is 0 Å². The molecular formula is C19H33NO. The molecule has 1 aromatic rings. The molecule has 2 nitrogen and oxygen atoms in total. The zero-order valence-electron chi connectivity index (χ0n) is 14.0. The van der Waals surface area contributed by atoms with E-state index in [9.17, 15) is 0 Å². The lowest BCUT2D eigenvalue weighted by Crippen LogP contribution is -2.07. The highest BCUT2D eigenvalue weighted by Crippen LogP contribution is 2.24. The van der Waals surface area contributed by atoms with Gasteiger partial charge < -0.3 is 10.5 Å². The van der Waals surface area contributed by atoms with Crippen molar-refractivity contribution in [2.75, 3.05) is 13.2 Å². The van der Waals surface area contributed by atoms with Crippen molar-refractivity contribution in [2.24, 2.45) is 5.73 Å². The van der Waals surface area contributed by atoms with Gasteiger partial charge in [-0.15, -0.1) is 0 Å². The summed E-state index contributed by atoms with van der Waals surface area (Å²) in [6.07, 6.45) is 11.6. The molecule has 0 fully saturated rings. The van der Waals surface area contributed by atoms with Crippen molar-refractivity contribution in [3.8, 4) is 5.75 Å². The first kappa shape index (κ1) is 18.0. The molecule has 0 amide bonds. The smallest absolute Gasteiger partial charge is 0.125 e. The van der Waals surface area contributed by atoms with Gasteiger partial charge in [-0.1, -0.05) is 70.1 Å². The highest BCUT2D eigenvalue weighted by Gasteiger charge is 2.06. The van der Waals surface area contributed by atoms with Gasteiger partial charge in [-0.25, -0.2) is 0 Å². The second-order valence-electron chi connectivity index (χ2n) is 5.93. The lowest BCUT2D eigenvalue weighted by Gasteiger charge is -2.13. The van der Waals surface area contributed by atoms with Crippen LogP contribution in [0, 0.1) is 6.92 Å². The van der Waals surface area contributed by atoms with Crippen molar-refractivity contribution in [1.82, 2.24) is 0 Å². The van der Waals surface area contributed by atoms with Crippen LogP contribution in [-0.4, -0.2) is 13.2 Å². The van der Waals surface area contributed by atoms with E-state index in [4.69, 9.17) is 10.5 Å². The number of para-hydroxylation sites is 1. The molecule has 0 spiro atoms. The van der Waals surface area contributed by atoms with E-state index in [1.165, 1.54) is 56.1 Å². The largest absolute Gasteiger partial charge is 0.493 e. The molecule has 0 radical (unpaired) electrons. The Morgan fingerprint density at radius 1 is 0.952 bits per heavy atom. The molecule has 0 bridgehead atoms. The van der Waals surface area contributed by atoms with Gasteiger partial charge in [0.15, 0.2) is 0 Å². The molecule has 1 aromatic carbocycles. The summed E-state index contributed by atoms with van der Waals surface area (Å²) in [4.78, 5) is 0. The standard InChI is InChI=1S/C19H33NO/c1-3-4-5-6-7-8-9-10-16-21-19-17(2)12-11-13-18(19)14-15-20/h11-13H,3-10,14-16,20H2,1-2H3. The Bertz CT molecular complexity index is 376. The van der Waals surface area contributed by atoms with Gasteiger partial charge in [0.05, 0.1) is 6.61 Å². The lowest BCUT2D eigenvalue weighted by atomic mass is 10.1. The fraction of sp³-hybridized carbons (Fsp3) is 0.684. The summed E-state index contributed by atoms with van der Waals surface area (Å²) < 4.78 is 6.01. The molecule has 0 aromatic heterocycles. The van der Waals surface area contributed by atoms with Crippen molar-refractivity contribution in [3.63, 3.8) is 0 Å². The van der Waals surface area contributed by atoms with Crippen LogP contribution >= 0.6 is 0 Å². The normalized spacial score (nSPS) is 10.8. The van der Waals surface area contributed by atoms with Gasteiger partial charge in [-0.3, -0.25) is 0 Å². The Kier molecular flexibility index (Phi) is 9.98. The Morgan fingerprint density at radius 3 is 2.29 bits per heavy atom. The monoisotopic (exact) mass is 291 g/mol. The number of aryl methyl sites for hydroxylation is 1. The number of rotatable bonds is 12. The first-order valence-electron chi connectivity index (χ1n) is 8.71. The SMILES string of the molecule is CCCCCCCCCCOc1c(C)cccc1CCN. The van der Waals surface area contributed by atoms with E-state index in [2.05, 4.69) is 32.0 Å². The number of hydrogen-bond acceptors (Lipinski definition) is 2. The van der Waals surface area contributed by atoms with Crippen LogP contribution in [0.15, 0.2) is 18.2 Å². The van der Waals surface area contributed by atoms with Crippen LogP contribution in [0.1, 0.15) is 69.4 Å². The molecule has 0 atom stereocenters. The predicted octanol–water partition coefficient (Wildman–Crippen LogP) is 5.02. The second kappa shape index (κ2) is 11.6. The summed E-state index contributed by atoms with van der Waals surface area (Å²) >= 11 is 0. The number of hydrogen-bond donors (Lipinski definition) is 1. The minimum atomic E-state index is 0.678. The number of nitrogens with two attached hydrogens (primary N) is 1. The summed E-state index contributed by atoms with van der Waals surface area (Å²) in [6.45, 7) is 5.89. The predicted molar refractivity (Wildman–Crippen MR) is 92.0 cm³/mol. The maximum absolute atomic E-state index is 6.01. The van der Waals surface area contributed by atoms with Crippen LogP contribution in [-0.2, 0) is 6.42 Å². The molecule has 0 heterocycles. The molecule has 0 unspecified atom stereocenters. The molecule has 0 saturated carbocycles. The van der Waals surface area contributed by atoms with Crippen LogP contribution in [0.25, 0.3) is 0 Å². The van der Waals surface area contributed by atoms with Gasteiger partial charge in [0, 0.05) is 0 Å². The molecule has 0 saturated heterocycles. The number of unbranched alkanes of at least 4 members (excludes halogenated alkanes) is 7. The van der Waals surface area contributed by atoms with Crippen molar-refractivity contribution in [1.29, 1.82) is 0 Å². The van der Waals surface area contributed by atoms with Crippen LogP contribution in [0.3, 0.4) is 0 Å². The van der Waals surface area contributed by atoms with Gasteiger partial charge in [-0.05, 0) is 37.4 Å². The molecule has 120 valence electrons. The fourth-order valence-corrected chi connectivity index (χ4v) is 2.68. The van der Waals surface area contributed by atoms with Crippen LogP contribution in [0.4, 0.5) is 0 Å². The molecule has 0 aliphatic heterocycles. The average Bonchev–Trinajstić information content (AvgIpc) is 2.48. The fourth-order valence-electron chi connectivity index (χ4n) is 2.68. The Hall–Kier alpha value is -1.02. The van der Waals surface area contributed by atoms with E-state index in [1.54, 1.807) is 0 Å². The highest BCUT2D eigenvalue weighted by molar-refractivity contribution is 5.40. The van der Waals surface area contributed by atoms with Gasteiger partial charge in [0.1, 0.15) is 5.75 Å². The second-order valence-corrected chi connectivity index (χ2v) is 5.93. The molecular weight excluding hydrogens is 258 g/mol. The first-order valence-corrected chi connectivity index (χ1v) is 8.71. The molecule has 2 N–H and O–H groups in total. The summed E-state index contributed by atoms with van der Waals surface area (Å²) in [5, 5.41) is 0. The summed E-state index contributed by atoms with van der Waals surface area (Å²) in [7, 11) is 0. The van der Waals surface area contributed by atoms with Gasteiger partial charge in [-0.2, -0.15) is 0 Å².